The predicted molar refractivity (Wildman–Crippen MR) is 102 cm³/mol. The summed E-state index contributed by atoms with van der Waals surface area (Å²) in [5, 5.41) is 9.75. The van der Waals surface area contributed by atoms with Crippen molar-refractivity contribution in [1.82, 2.24) is 4.90 Å². The van der Waals surface area contributed by atoms with Gasteiger partial charge in [0.25, 0.3) is 5.91 Å². The largest absolute Gasteiger partial charge is 0.489 e. The first-order valence-electron chi connectivity index (χ1n) is 9.46. The highest BCUT2D eigenvalue weighted by Crippen LogP contribution is 2.42. The molecule has 2 saturated heterocycles. The molecule has 0 radical (unpaired) electrons. The van der Waals surface area contributed by atoms with E-state index in [1.807, 2.05) is 30.3 Å². The highest BCUT2D eigenvalue weighted by atomic mass is 16.5. The molecule has 2 aromatic carbocycles. The van der Waals surface area contributed by atoms with E-state index in [-0.39, 0.29) is 18.4 Å². The first-order valence-corrected chi connectivity index (χ1v) is 9.46. The van der Waals surface area contributed by atoms with Gasteiger partial charge in [-0.05, 0) is 36.2 Å². The zero-order valence-electron chi connectivity index (χ0n) is 15.5. The molecule has 0 aromatic heterocycles. The van der Waals surface area contributed by atoms with E-state index in [4.69, 9.17) is 9.47 Å². The number of hydrogen-bond acceptors (Lipinski definition) is 4. The van der Waals surface area contributed by atoms with Crippen LogP contribution in [0, 0.1) is 11.3 Å². The highest BCUT2D eigenvalue weighted by molar-refractivity contribution is 5.95. The second-order valence-corrected chi connectivity index (χ2v) is 7.47. The normalized spacial score (nSPS) is 23.9. The summed E-state index contributed by atoms with van der Waals surface area (Å²) in [5.74, 6) is -0.451. The molecule has 1 N–H and O–H groups in total. The monoisotopic (exact) mass is 381 g/mol. The molecule has 0 saturated carbocycles. The van der Waals surface area contributed by atoms with Crippen molar-refractivity contribution in [3.8, 4) is 5.75 Å². The van der Waals surface area contributed by atoms with Gasteiger partial charge in [-0.1, -0.05) is 30.3 Å². The Morgan fingerprint density at radius 2 is 1.89 bits per heavy atom. The Labute approximate surface area is 163 Å². The number of carbonyl (C=O) groups is 2. The maximum Gasteiger partial charge on any atom is 0.311 e. The summed E-state index contributed by atoms with van der Waals surface area (Å²) in [5.41, 5.74) is 0.725. The van der Waals surface area contributed by atoms with Crippen molar-refractivity contribution in [1.29, 1.82) is 0 Å². The van der Waals surface area contributed by atoms with Crippen molar-refractivity contribution in [2.45, 2.75) is 13.0 Å². The lowest BCUT2D eigenvalue weighted by Gasteiger charge is -2.33. The summed E-state index contributed by atoms with van der Waals surface area (Å²) < 4.78 is 11.2. The zero-order chi connectivity index (χ0) is 19.6. The summed E-state index contributed by atoms with van der Waals surface area (Å²) >= 11 is 0. The topological polar surface area (TPSA) is 76.1 Å². The van der Waals surface area contributed by atoms with E-state index >= 15 is 0 Å². The van der Waals surface area contributed by atoms with Crippen molar-refractivity contribution < 1.29 is 24.2 Å². The van der Waals surface area contributed by atoms with Crippen LogP contribution in [0.25, 0.3) is 0 Å². The number of benzene rings is 2. The summed E-state index contributed by atoms with van der Waals surface area (Å²) in [4.78, 5) is 26.4. The van der Waals surface area contributed by atoms with Crippen molar-refractivity contribution in [3.05, 3.63) is 65.7 Å². The molecule has 2 aliphatic rings. The fourth-order valence-electron chi connectivity index (χ4n) is 4.07. The van der Waals surface area contributed by atoms with Gasteiger partial charge in [-0.2, -0.15) is 0 Å². The molecule has 0 spiro atoms. The van der Waals surface area contributed by atoms with Crippen LogP contribution < -0.4 is 4.74 Å². The van der Waals surface area contributed by atoms with Crippen LogP contribution in [0.1, 0.15) is 22.3 Å². The van der Waals surface area contributed by atoms with Crippen LogP contribution >= 0.6 is 0 Å². The van der Waals surface area contributed by atoms with Crippen LogP contribution in [0.3, 0.4) is 0 Å². The van der Waals surface area contributed by atoms with Crippen LogP contribution in [0.15, 0.2) is 54.6 Å². The van der Waals surface area contributed by atoms with Crippen molar-refractivity contribution in [2.24, 2.45) is 11.3 Å². The minimum Gasteiger partial charge on any atom is -0.489 e. The van der Waals surface area contributed by atoms with Gasteiger partial charge < -0.3 is 19.5 Å². The zero-order valence-corrected chi connectivity index (χ0v) is 15.5. The Hall–Kier alpha value is -2.86. The third kappa shape index (κ3) is 3.47. The number of amides is 1. The molecule has 0 aliphatic carbocycles. The number of nitrogens with zero attached hydrogens (tertiary/aromatic N) is 1. The highest BCUT2D eigenvalue weighted by Gasteiger charge is 2.54. The molecule has 0 unspecified atom stereocenters. The number of hydrogen-bond donors (Lipinski definition) is 1. The Balaban J connectivity index is 1.42. The lowest BCUT2D eigenvalue weighted by atomic mass is 9.74. The molecule has 6 nitrogen and oxygen atoms in total. The summed E-state index contributed by atoms with van der Waals surface area (Å²) in [6, 6.07) is 16.9. The SMILES string of the molecule is O=C(c1ccc(OCc2ccccc2)cc1)N1C[C@H]2COCC[C@@]2(C(=O)O)C1. The number of carbonyl (C=O) groups excluding carboxylic acids is 1. The van der Waals surface area contributed by atoms with Crippen molar-refractivity contribution >= 4 is 11.9 Å². The molecule has 4 rings (SSSR count). The quantitative estimate of drug-likeness (QED) is 0.862. The standard InChI is InChI=1S/C22H23NO5/c24-20(23-12-18-14-27-11-10-22(18,15-23)21(25)26)17-6-8-19(9-7-17)28-13-16-4-2-1-3-5-16/h1-9,18H,10-15H2,(H,25,26)/t18-,22+/m0/s1. The van der Waals surface area contributed by atoms with Gasteiger partial charge in [-0.25, -0.2) is 0 Å². The van der Waals surface area contributed by atoms with E-state index in [0.29, 0.717) is 44.1 Å². The molecule has 2 fully saturated rings. The molecule has 2 aromatic rings. The third-order valence-corrected chi connectivity index (χ3v) is 5.77. The first-order chi connectivity index (χ1) is 13.6. The Bertz CT molecular complexity index is 851. The molecule has 6 heteroatoms. The van der Waals surface area contributed by atoms with Crippen molar-refractivity contribution in [3.63, 3.8) is 0 Å². The van der Waals surface area contributed by atoms with E-state index in [1.165, 1.54) is 0 Å². The molecule has 2 heterocycles. The Morgan fingerprint density at radius 3 is 2.57 bits per heavy atom. The van der Waals surface area contributed by atoms with Crippen LogP contribution in [0.4, 0.5) is 0 Å². The summed E-state index contributed by atoms with van der Waals surface area (Å²) in [6.07, 6.45) is 0.447. The Morgan fingerprint density at radius 1 is 1.14 bits per heavy atom. The maximum atomic E-state index is 12.9. The minimum atomic E-state index is -0.882. The van der Waals surface area contributed by atoms with Crippen LogP contribution in [0.2, 0.25) is 0 Å². The number of carboxylic acids is 1. The number of rotatable bonds is 5. The fourth-order valence-corrected chi connectivity index (χ4v) is 4.07. The average molecular weight is 381 g/mol. The van der Waals surface area contributed by atoms with E-state index in [9.17, 15) is 14.7 Å². The van der Waals surface area contributed by atoms with Gasteiger partial charge in [0.05, 0.1) is 12.0 Å². The third-order valence-electron chi connectivity index (χ3n) is 5.77. The Kier molecular flexibility index (Phi) is 5.05. The lowest BCUT2D eigenvalue weighted by Crippen LogP contribution is -2.45. The number of likely N-dealkylation sites (tertiary alicyclic amines) is 1. The average Bonchev–Trinajstić information content (AvgIpc) is 3.14. The van der Waals surface area contributed by atoms with E-state index < -0.39 is 11.4 Å². The lowest BCUT2D eigenvalue weighted by molar-refractivity contribution is -0.157. The molecule has 2 atom stereocenters. The van der Waals surface area contributed by atoms with Gasteiger partial charge in [-0.15, -0.1) is 0 Å². The first kappa shape index (κ1) is 18.5. The molecule has 146 valence electrons. The molecule has 1 amide bonds. The van der Waals surface area contributed by atoms with Gasteiger partial charge in [-0.3, -0.25) is 9.59 Å². The molecule has 2 aliphatic heterocycles. The molecule has 0 bridgehead atoms. The van der Waals surface area contributed by atoms with Crippen LogP contribution in [-0.2, 0) is 16.1 Å². The summed E-state index contributed by atoms with van der Waals surface area (Å²) in [6.45, 7) is 1.93. The second-order valence-electron chi connectivity index (χ2n) is 7.47. The number of fused-ring (bicyclic) bond motifs is 1. The van der Waals surface area contributed by atoms with E-state index in [2.05, 4.69) is 0 Å². The maximum absolute atomic E-state index is 12.9. The number of carboxylic acid groups (broad SMARTS) is 1. The van der Waals surface area contributed by atoms with Crippen LogP contribution in [-0.4, -0.2) is 48.2 Å². The van der Waals surface area contributed by atoms with Crippen LogP contribution in [0.5, 0.6) is 5.75 Å². The van der Waals surface area contributed by atoms with E-state index in [1.54, 1.807) is 29.2 Å². The predicted octanol–water partition coefficient (Wildman–Crippen LogP) is 2.83. The fraction of sp³-hybridized carbons (Fsp3) is 0.364. The molecule has 28 heavy (non-hydrogen) atoms. The van der Waals surface area contributed by atoms with Gasteiger partial charge >= 0.3 is 5.97 Å². The number of ether oxygens (including phenoxy) is 2. The second kappa shape index (κ2) is 7.64. The van der Waals surface area contributed by atoms with Gasteiger partial charge in [0.2, 0.25) is 0 Å². The van der Waals surface area contributed by atoms with Crippen molar-refractivity contribution in [2.75, 3.05) is 26.3 Å². The van der Waals surface area contributed by atoms with Gasteiger partial charge in [0.1, 0.15) is 12.4 Å². The molecular weight excluding hydrogens is 358 g/mol. The number of aliphatic carboxylic acids is 1. The van der Waals surface area contributed by atoms with E-state index in [0.717, 1.165) is 5.56 Å². The minimum absolute atomic E-state index is 0.148. The van der Waals surface area contributed by atoms with Gasteiger partial charge in [0.15, 0.2) is 0 Å². The van der Waals surface area contributed by atoms with Gasteiger partial charge in [0, 0.05) is 31.2 Å². The molecular formula is C22H23NO5. The smallest absolute Gasteiger partial charge is 0.311 e. The summed E-state index contributed by atoms with van der Waals surface area (Å²) in [7, 11) is 0.